The van der Waals surface area contributed by atoms with Crippen LogP contribution in [0.25, 0.3) is 0 Å². The fourth-order valence-electron chi connectivity index (χ4n) is 0.668. The van der Waals surface area contributed by atoms with E-state index in [0.29, 0.717) is 0 Å². The molecule has 0 aliphatic carbocycles. The SMILES string of the molecule is C=C(C)C(CC)=N/C=C\C. The van der Waals surface area contributed by atoms with Gasteiger partial charge in [0.2, 0.25) is 0 Å². The van der Waals surface area contributed by atoms with Crippen LogP contribution in [0.3, 0.4) is 0 Å². The zero-order chi connectivity index (χ0) is 7.98. The summed E-state index contributed by atoms with van der Waals surface area (Å²) < 4.78 is 0. The highest BCUT2D eigenvalue weighted by Crippen LogP contribution is 1.98. The van der Waals surface area contributed by atoms with Gasteiger partial charge >= 0.3 is 0 Å². The molecule has 0 spiro atoms. The molecule has 0 rings (SSSR count). The highest BCUT2D eigenvalue weighted by Gasteiger charge is 1.92. The third-order valence-electron chi connectivity index (χ3n) is 1.21. The first kappa shape index (κ1) is 9.15. The van der Waals surface area contributed by atoms with Crippen LogP contribution in [0.2, 0.25) is 0 Å². The molecule has 0 amide bonds. The van der Waals surface area contributed by atoms with E-state index in [1.54, 1.807) is 6.20 Å². The molecule has 0 aromatic heterocycles. The molecule has 56 valence electrons. The maximum Gasteiger partial charge on any atom is 0.0423 e. The van der Waals surface area contributed by atoms with Crippen LogP contribution in [-0.2, 0) is 0 Å². The van der Waals surface area contributed by atoms with Gasteiger partial charge in [0.15, 0.2) is 0 Å². The zero-order valence-corrected chi connectivity index (χ0v) is 7.02. The minimum atomic E-state index is 0.958. The van der Waals surface area contributed by atoms with E-state index in [1.807, 2.05) is 19.9 Å². The van der Waals surface area contributed by atoms with E-state index in [1.165, 1.54) is 0 Å². The molecule has 0 aromatic rings. The molecule has 0 aliphatic rings. The highest BCUT2D eigenvalue weighted by atomic mass is 14.7. The third-order valence-corrected chi connectivity index (χ3v) is 1.21. The Hall–Kier alpha value is -0.850. The van der Waals surface area contributed by atoms with Gasteiger partial charge in [-0.25, -0.2) is 0 Å². The summed E-state index contributed by atoms with van der Waals surface area (Å²) in [5, 5.41) is 0. The monoisotopic (exact) mass is 137 g/mol. The van der Waals surface area contributed by atoms with E-state index >= 15 is 0 Å². The first-order valence-corrected chi connectivity index (χ1v) is 3.56. The average Bonchev–Trinajstić information content (AvgIpc) is 1.89. The smallest absolute Gasteiger partial charge is 0.0423 e. The predicted octanol–water partition coefficient (Wildman–Crippen LogP) is 2.95. The molecule has 0 radical (unpaired) electrons. The van der Waals surface area contributed by atoms with Crippen molar-refractivity contribution in [2.24, 2.45) is 4.99 Å². The van der Waals surface area contributed by atoms with Crippen molar-refractivity contribution in [1.29, 1.82) is 0 Å². The summed E-state index contributed by atoms with van der Waals surface area (Å²) in [6, 6.07) is 0. The molecule has 1 heteroatoms. The normalized spacial score (nSPS) is 12.5. The van der Waals surface area contributed by atoms with Crippen molar-refractivity contribution in [2.75, 3.05) is 0 Å². The van der Waals surface area contributed by atoms with E-state index in [2.05, 4.69) is 18.5 Å². The summed E-state index contributed by atoms with van der Waals surface area (Å²) in [6.45, 7) is 9.83. The maximum absolute atomic E-state index is 4.20. The number of hydrogen-bond donors (Lipinski definition) is 0. The topological polar surface area (TPSA) is 12.4 Å². The lowest BCUT2D eigenvalue weighted by molar-refractivity contribution is 1.25. The minimum absolute atomic E-state index is 0.958. The van der Waals surface area contributed by atoms with Crippen LogP contribution in [0.5, 0.6) is 0 Å². The van der Waals surface area contributed by atoms with Gasteiger partial charge in [0, 0.05) is 11.9 Å². The highest BCUT2D eigenvalue weighted by molar-refractivity contribution is 5.99. The summed E-state index contributed by atoms with van der Waals surface area (Å²) in [7, 11) is 0. The van der Waals surface area contributed by atoms with E-state index in [-0.39, 0.29) is 0 Å². The Bertz CT molecular complexity index is 164. The van der Waals surface area contributed by atoms with E-state index in [4.69, 9.17) is 0 Å². The molecule has 0 aromatic carbocycles. The fourth-order valence-corrected chi connectivity index (χ4v) is 0.668. The van der Waals surface area contributed by atoms with Gasteiger partial charge in [0.1, 0.15) is 0 Å². The molecule has 0 N–H and O–H groups in total. The standard InChI is InChI=1S/C9H15N/c1-5-7-10-9(6-2)8(3)4/h5,7H,3,6H2,1-2,4H3/b7-5-,10-9?. The summed E-state index contributed by atoms with van der Waals surface area (Å²) in [5.74, 6) is 0. The van der Waals surface area contributed by atoms with Crippen molar-refractivity contribution in [3.63, 3.8) is 0 Å². The second kappa shape index (κ2) is 4.98. The van der Waals surface area contributed by atoms with Gasteiger partial charge in [-0.15, -0.1) is 0 Å². The maximum atomic E-state index is 4.20. The van der Waals surface area contributed by atoms with E-state index in [9.17, 15) is 0 Å². The van der Waals surface area contributed by atoms with Crippen LogP contribution in [0.4, 0.5) is 0 Å². The fraction of sp³-hybridized carbons (Fsp3) is 0.444. The number of allylic oxidation sites excluding steroid dienone is 2. The molecule has 0 fully saturated rings. The van der Waals surface area contributed by atoms with Gasteiger partial charge in [-0.3, -0.25) is 4.99 Å². The molecule has 10 heavy (non-hydrogen) atoms. The molecule has 0 saturated heterocycles. The molecule has 1 nitrogen and oxygen atoms in total. The molecule has 0 bridgehead atoms. The number of aliphatic imine (C=N–C) groups is 1. The Labute approximate surface area is 63.2 Å². The van der Waals surface area contributed by atoms with Crippen LogP contribution in [0.15, 0.2) is 29.4 Å². The number of rotatable bonds is 3. The second-order valence-corrected chi connectivity index (χ2v) is 2.19. The summed E-state index contributed by atoms with van der Waals surface area (Å²) in [6.07, 6.45) is 4.67. The van der Waals surface area contributed by atoms with Gasteiger partial charge in [0.05, 0.1) is 0 Å². The summed E-state index contributed by atoms with van der Waals surface area (Å²) in [4.78, 5) is 4.20. The zero-order valence-electron chi connectivity index (χ0n) is 7.02. The molecule has 0 aliphatic heterocycles. The molecule has 0 unspecified atom stereocenters. The van der Waals surface area contributed by atoms with Gasteiger partial charge in [-0.1, -0.05) is 19.6 Å². The van der Waals surface area contributed by atoms with Crippen molar-refractivity contribution >= 4 is 5.71 Å². The number of nitrogens with zero attached hydrogens (tertiary/aromatic N) is 1. The van der Waals surface area contributed by atoms with Crippen LogP contribution >= 0.6 is 0 Å². The van der Waals surface area contributed by atoms with Crippen molar-refractivity contribution in [3.05, 3.63) is 24.4 Å². The van der Waals surface area contributed by atoms with Crippen LogP contribution < -0.4 is 0 Å². The first-order chi connectivity index (χ1) is 4.72. The lowest BCUT2D eigenvalue weighted by Gasteiger charge is -1.97. The molecule has 0 saturated carbocycles. The number of hydrogen-bond acceptors (Lipinski definition) is 1. The first-order valence-electron chi connectivity index (χ1n) is 3.56. The van der Waals surface area contributed by atoms with Crippen LogP contribution in [0.1, 0.15) is 27.2 Å². The Balaban J connectivity index is 4.18. The van der Waals surface area contributed by atoms with Gasteiger partial charge in [-0.05, 0) is 25.8 Å². The van der Waals surface area contributed by atoms with Crippen LogP contribution in [-0.4, -0.2) is 5.71 Å². The summed E-state index contributed by atoms with van der Waals surface area (Å²) in [5.41, 5.74) is 2.14. The van der Waals surface area contributed by atoms with Crippen molar-refractivity contribution in [2.45, 2.75) is 27.2 Å². The molecule has 0 heterocycles. The minimum Gasteiger partial charge on any atom is -0.261 e. The lowest BCUT2D eigenvalue weighted by atomic mass is 10.2. The Morgan fingerprint density at radius 2 is 2.20 bits per heavy atom. The average molecular weight is 137 g/mol. The van der Waals surface area contributed by atoms with E-state index in [0.717, 1.165) is 17.7 Å². The van der Waals surface area contributed by atoms with E-state index < -0.39 is 0 Å². The molecule has 0 atom stereocenters. The Kier molecular flexibility index (Phi) is 4.55. The predicted molar refractivity (Wildman–Crippen MR) is 47.4 cm³/mol. The largest absolute Gasteiger partial charge is 0.261 e. The third kappa shape index (κ3) is 3.23. The van der Waals surface area contributed by atoms with Gasteiger partial charge in [-0.2, -0.15) is 0 Å². The molecular formula is C9H15N. The van der Waals surface area contributed by atoms with Crippen molar-refractivity contribution in [1.82, 2.24) is 0 Å². The lowest BCUT2D eigenvalue weighted by Crippen LogP contribution is -1.94. The Morgan fingerprint density at radius 3 is 2.50 bits per heavy atom. The summed E-state index contributed by atoms with van der Waals surface area (Å²) >= 11 is 0. The second-order valence-electron chi connectivity index (χ2n) is 2.19. The van der Waals surface area contributed by atoms with Crippen molar-refractivity contribution in [3.8, 4) is 0 Å². The van der Waals surface area contributed by atoms with Crippen molar-refractivity contribution < 1.29 is 0 Å². The molecular weight excluding hydrogens is 122 g/mol. The van der Waals surface area contributed by atoms with Gasteiger partial charge < -0.3 is 0 Å². The van der Waals surface area contributed by atoms with Gasteiger partial charge in [0.25, 0.3) is 0 Å². The van der Waals surface area contributed by atoms with Crippen LogP contribution in [0, 0.1) is 0 Å². The quantitative estimate of drug-likeness (QED) is 0.530. The Morgan fingerprint density at radius 1 is 1.60 bits per heavy atom.